The molecule has 0 radical (unpaired) electrons. The number of hydrogen-bond acceptors (Lipinski definition) is 46. The van der Waals surface area contributed by atoms with Crippen molar-refractivity contribution in [3.63, 3.8) is 0 Å². The Balaban J connectivity index is 1.13. The molecule has 6 N–H and O–H groups in total. The van der Waals surface area contributed by atoms with Gasteiger partial charge in [0.05, 0.1) is 370 Å². The Morgan fingerprint density at radius 1 is 0.243 bits per heavy atom. The van der Waals surface area contributed by atoms with Gasteiger partial charge < -0.3 is 192 Å². The number of ether oxygens (including phenoxy) is 36. The minimum atomic E-state index is -0.934. The van der Waals surface area contributed by atoms with E-state index in [1.54, 1.807) is 76.7 Å². The maximum Gasteiger partial charge on any atom is 0.321 e. The summed E-state index contributed by atoms with van der Waals surface area (Å²) in [7, 11) is 9.73. The minimum absolute atomic E-state index is 0.0631. The fourth-order valence-corrected chi connectivity index (χ4v) is 13.0. The first-order valence-electron chi connectivity index (χ1n) is 49.5. The van der Waals surface area contributed by atoms with Gasteiger partial charge in [-0.05, 0) is 37.1 Å². The first kappa shape index (κ1) is 125. The predicted molar refractivity (Wildman–Crippen MR) is 523 cm³/mol. The van der Waals surface area contributed by atoms with Gasteiger partial charge in [-0.15, -0.1) is 0 Å². The number of carbonyl (C=O) groups is 2. The molecule has 4 aliphatic rings. The van der Waals surface area contributed by atoms with E-state index in [1.807, 2.05) is 9.80 Å². The quantitative estimate of drug-likeness (QED) is 0.0686. The molecule has 0 spiro atoms. The zero-order chi connectivity index (χ0) is 102. The van der Waals surface area contributed by atoms with Gasteiger partial charge in [0.25, 0.3) is 0 Å². The fraction of sp³-hybridized carbons (Fsp3) is 0.809. The average Bonchev–Trinajstić information content (AvgIpc) is 0.771. The Hall–Kier alpha value is -7.54. The van der Waals surface area contributed by atoms with Crippen LogP contribution in [0.1, 0.15) is 36.8 Å². The maximum absolute atomic E-state index is 14.1. The normalized spacial score (nSPS) is 14.7. The van der Waals surface area contributed by atoms with Crippen molar-refractivity contribution >= 4 is 35.7 Å². The zero-order valence-electron chi connectivity index (χ0n) is 85.8. The second-order valence-corrected chi connectivity index (χ2v) is 31.0. The standard InChI is InChI=1S/C94H166N12O38/c1-109-13-19-115-25-31-121-37-43-127-49-55-133-61-67-139-81-73-79(74-82(140-68-62-134-56-50-128-44-38-122-32-26-116-20-14-110-2)85(81)143-71-65-137-59-53-131-47-41-125-35-29-119-23-17-113-5)87-97-89(95)99-91-101-93(107)103(77-105(87)91)11-9-7-8-10-12-104-78-106-88(98-90(96)100-92(106)102-94(104)108)80-75-83(141-69-63-135-57-51-129-45-39-123-33-27-117-21-15-111-3)86(144-72-66-138-60-54-132-48-42-126-36-30-120-24-18-114-6)84(76-80)142-70-64-136-58-52-130-46-40-124-34-28-118-22-16-112-4/h73-76,91-92H,7-72,77-78H2,1-6H3,(H2,95,99)(H2,96,100)(H,101,107)(H,102,108). The van der Waals surface area contributed by atoms with E-state index in [0.717, 1.165) is 0 Å². The smallest absolute Gasteiger partial charge is 0.321 e. The topological polar surface area (TPSA) is 505 Å². The molecule has 2 saturated heterocycles. The van der Waals surface area contributed by atoms with Gasteiger partial charge in [-0.25, -0.2) is 19.6 Å². The third-order valence-corrected chi connectivity index (χ3v) is 20.2. The van der Waals surface area contributed by atoms with E-state index in [9.17, 15) is 9.59 Å². The summed E-state index contributed by atoms with van der Waals surface area (Å²) in [5.74, 6) is 2.21. The molecule has 2 fully saturated rings. The van der Waals surface area contributed by atoms with Crippen molar-refractivity contribution < 1.29 is 180 Å². The number of aliphatic imine (C=N–C) groups is 4. The lowest BCUT2D eigenvalue weighted by Gasteiger charge is -2.43. The van der Waals surface area contributed by atoms with E-state index in [0.29, 0.717) is 339 Å². The van der Waals surface area contributed by atoms with Gasteiger partial charge in [0, 0.05) is 66.9 Å². The minimum Gasteiger partial charge on any atom is -0.487 e. The van der Waals surface area contributed by atoms with Crippen LogP contribution >= 0.6 is 0 Å². The van der Waals surface area contributed by atoms with Crippen LogP contribution in [0, 0.1) is 0 Å². The molecule has 2 aromatic rings. The third-order valence-electron chi connectivity index (χ3n) is 20.2. The molecular weight excluding hydrogens is 1910 g/mol. The predicted octanol–water partition coefficient (Wildman–Crippen LogP) is 1.78. The Bertz CT molecular complexity index is 3260. The number of nitrogens with zero attached hydrogens (tertiary/aromatic N) is 8. The highest BCUT2D eigenvalue weighted by Gasteiger charge is 2.39. The molecule has 144 heavy (non-hydrogen) atoms. The molecule has 0 saturated carbocycles. The van der Waals surface area contributed by atoms with Gasteiger partial charge in [-0.1, -0.05) is 12.8 Å². The number of nitrogens with two attached hydrogens (primary N) is 2. The van der Waals surface area contributed by atoms with Crippen molar-refractivity contribution in [1.82, 2.24) is 30.2 Å². The number of carbonyl (C=O) groups excluding carboxylic acids is 2. The zero-order valence-corrected chi connectivity index (χ0v) is 85.8. The first-order valence-corrected chi connectivity index (χ1v) is 49.5. The van der Waals surface area contributed by atoms with Crippen molar-refractivity contribution in [3.05, 3.63) is 35.4 Å². The fourth-order valence-electron chi connectivity index (χ4n) is 13.0. The molecule has 0 aromatic heterocycles. The monoisotopic (exact) mass is 2070 g/mol. The molecule has 830 valence electrons. The lowest BCUT2D eigenvalue weighted by atomic mass is 10.1. The SMILES string of the molecule is COCCOCCOCCOCCOCCOc1cc(C2=NC(N)=NC3NC(=O)N(CCCCCCN4CN5C(c6cc(OCCOCCOCCOCCOCCOC)c(OCCOCCOCCOCCOCCOC)c(OCCOCCOCCOCCOCCOC)c6)=NC(N)=NC5NC4=O)CN23)cc(OCCOCCOCCOCCOCCOC)c1OCCOCCOCCOCCOCCOC. The molecular formula is C94H166N12O38. The van der Waals surface area contributed by atoms with Crippen molar-refractivity contribution in [1.29, 1.82) is 0 Å². The molecule has 2 unspecified atom stereocenters. The summed E-state index contributed by atoms with van der Waals surface area (Å²) in [4.78, 5) is 54.0. The maximum atomic E-state index is 14.1. The van der Waals surface area contributed by atoms with Crippen LogP contribution in [0.4, 0.5) is 9.59 Å². The van der Waals surface area contributed by atoms with Gasteiger partial charge in [0.1, 0.15) is 51.3 Å². The Morgan fingerprint density at radius 2 is 0.410 bits per heavy atom. The Labute approximate surface area is 847 Å². The molecule has 4 amide bonds. The average molecular weight is 2070 g/mol. The van der Waals surface area contributed by atoms with E-state index >= 15 is 0 Å². The number of nitrogens with one attached hydrogen (secondary N) is 2. The molecule has 4 aliphatic heterocycles. The lowest BCUT2D eigenvalue weighted by molar-refractivity contribution is -0.0108. The number of urea groups is 2. The first-order chi connectivity index (χ1) is 71.1. The van der Waals surface area contributed by atoms with Gasteiger partial charge in [0.2, 0.25) is 36.0 Å². The van der Waals surface area contributed by atoms with Gasteiger partial charge in [0.15, 0.2) is 23.0 Å². The van der Waals surface area contributed by atoms with Crippen molar-refractivity contribution in [3.8, 4) is 34.5 Å². The van der Waals surface area contributed by atoms with Crippen LogP contribution in [0.5, 0.6) is 34.5 Å². The number of hydrogen-bond donors (Lipinski definition) is 4. The summed E-state index contributed by atoms with van der Waals surface area (Å²) in [5.41, 5.74) is 14.0. The number of unbranched alkanes of at least 4 members (excludes halogenated alkanes) is 3. The van der Waals surface area contributed by atoms with E-state index in [1.165, 1.54) is 0 Å². The summed E-state index contributed by atoms with van der Waals surface area (Å²) >= 11 is 0. The summed E-state index contributed by atoms with van der Waals surface area (Å²) in [6.45, 7) is 21.8. The van der Waals surface area contributed by atoms with E-state index in [-0.39, 0.29) is 191 Å². The summed E-state index contributed by atoms with van der Waals surface area (Å²) in [6.07, 6.45) is 0.677. The molecule has 2 aromatic carbocycles. The van der Waals surface area contributed by atoms with E-state index in [2.05, 4.69) is 20.6 Å². The number of amides is 4. The van der Waals surface area contributed by atoms with Crippen molar-refractivity contribution in [2.75, 3.05) is 465 Å². The molecule has 50 nitrogen and oxygen atoms in total. The van der Waals surface area contributed by atoms with Crippen LogP contribution in [0.3, 0.4) is 0 Å². The highest BCUT2D eigenvalue weighted by Crippen LogP contribution is 2.42. The molecule has 0 aliphatic carbocycles. The van der Waals surface area contributed by atoms with Crippen LogP contribution in [0.25, 0.3) is 0 Å². The van der Waals surface area contributed by atoms with Gasteiger partial charge >= 0.3 is 12.1 Å². The van der Waals surface area contributed by atoms with Crippen molar-refractivity contribution in [2.45, 2.75) is 38.3 Å². The summed E-state index contributed by atoms with van der Waals surface area (Å²) in [6, 6.07) is 6.35. The number of fused-ring (bicyclic) bond motifs is 2. The van der Waals surface area contributed by atoms with Crippen LogP contribution in [-0.2, 0) is 142 Å². The number of rotatable bonds is 105. The highest BCUT2D eigenvalue weighted by atomic mass is 16.6. The number of guanidine groups is 2. The van der Waals surface area contributed by atoms with Crippen LogP contribution < -0.4 is 50.5 Å². The van der Waals surface area contributed by atoms with E-state index < -0.39 is 12.6 Å². The van der Waals surface area contributed by atoms with Gasteiger partial charge in [-0.2, -0.15) is 9.98 Å². The summed E-state index contributed by atoms with van der Waals surface area (Å²) < 4.78 is 206. The third kappa shape index (κ3) is 60.2. The number of benzene rings is 2. The van der Waals surface area contributed by atoms with Crippen LogP contribution in [-0.4, -0.2) is 533 Å². The lowest BCUT2D eigenvalue weighted by Crippen LogP contribution is -2.64. The molecule has 50 heteroatoms. The molecule has 0 bridgehead atoms. The Morgan fingerprint density at radius 3 is 0.590 bits per heavy atom. The van der Waals surface area contributed by atoms with Gasteiger partial charge in [-0.3, -0.25) is 20.4 Å². The molecule has 6 rings (SSSR count). The number of methoxy groups -OCH3 is 6. The largest absolute Gasteiger partial charge is 0.487 e. The van der Waals surface area contributed by atoms with Crippen LogP contribution in [0.2, 0.25) is 0 Å². The second kappa shape index (κ2) is 88.4. The van der Waals surface area contributed by atoms with Crippen LogP contribution in [0.15, 0.2) is 44.2 Å². The van der Waals surface area contributed by atoms with E-state index in [4.69, 9.17) is 192 Å². The van der Waals surface area contributed by atoms with Crippen molar-refractivity contribution in [2.24, 2.45) is 31.4 Å². The molecule has 4 heterocycles. The Kier molecular flexibility index (Phi) is 76.8. The summed E-state index contributed by atoms with van der Waals surface area (Å²) in [5, 5.41) is 6.03. The molecule has 2 atom stereocenters. The highest BCUT2D eigenvalue weighted by molar-refractivity contribution is 6.09. The second-order valence-electron chi connectivity index (χ2n) is 31.0. The number of amidine groups is 2.